The Hall–Kier alpha value is -2.82. The zero-order valence-corrected chi connectivity index (χ0v) is 14.2. The van der Waals surface area contributed by atoms with Gasteiger partial charge < -0.3 is 14.6 Å². The Balaban J connectivity index is 1.91. The highest BCUT2D eigenvalue weighted by Crippen LogP contribution is 2.28. The van der Waals surface area contributed by atoms with Crippen molar-refractivity contribution >= 4 is 28.4 Å². The van der Waals surface area contributed by atoms with Crippen LogP contribution in [0.15, 0.2) is 46.9 Å². The van der Waals surface area contributed by atoms with E-state index in [0.717, 1.165) is 28.9 Å². The Kier molecular flexibility index (Phi) is 4.51. The van der Waals surface area contributed by atoms with Crippen LogP contribution >= 0.6 is 0 Å². The molecule has 1 aromatic heterocycles. The minimum Gasteiger partial charge on any atom is -0.436 e. The van der Waals surface area contributed by atoms with Gasteiger partial charge in [-0.15, -0.1) is 0 Å². The minimum atomic E-state index is 0.0132. The van der Waals surface area contributed by atoms with Crippen LogP contribution < -0.4 is 10.2 Å². The van der Waals surface area contributed by atoms with Gasteiger partial charge in [0.15, 0.2) is 5.58 Å². The lowest BCUT2D eigenvalue weighted by Crippen LogP contribution is -2.10. The standard InChI is InChI=1S/C19H21N3O2/c1-4-6-18(23)20-14-9-10-17-16(12-14)21-19(24-17)13-7-5-8-15(11-13)22(2)3/h5,7-12H,4,6H2,1-3H3,(H,20,23). The van der Waals surface area contributed by atoms with Crippen LogP contribution in [0.4, 0.5) is 11.4 Å². The number of fused-ring (bicyclic) bond motifs is 1. The number of benzene rings is 2. The first kappa shape index (κ1) is 16.1. The summed E-state index contributed by atoms with van der Waals surface area (Å²) in [6.07, 6.45) is 1.34. The van der Waals surface area contributed by atoms with Crippen LogP contribution in [0.25, 0.3) is 22.6 Å². The van der Waals surface area contributed by atoms with Gasteiger partial charge in [-0.05, 0) is 42.8 Å². The van der Waals surface area contributed by atoms with Gasteiger partial charge in [-0.25, -0.2) is 4.98 Å². The molecule has 1 heterocycles. The summed E-state index contributed by atoms with van der Waals surface area (Å²) >= 11 is 0. The molecule has 0 fully saturated rings. The molecule has 3 aromatic rings. The summed E-state index contributed by atoms with van der Waals surface area (Å²) < 4.78 is 5.85. The van der Waals surface area contributed by atoms with Crippen LogP contribution in [0.5, 0.6) is 0 Å². The number of oxazole rings is 1. The molecule has 0 radical (unpaired) electrons. The first-order chi connectivity index (χ1) is 11.6. The summed E-state index contributed by atoms with van der Waals surface area (Å²) in [6.45, 7) is 1.98. The number of hydrogen-bond acceptors (Lipinski definition) is 4. The monoisotopic (exact) mass is 323 g/mol. The number of hydrogen-bond donors (Lipinski definition) is 1. The zero-order chi connectivity index (χ0) is 17.1. The average molecular weight is 323 g/mol. The molecule has 0 spiro atoms. The topological polar surface area (TPSA) is 58.4 Å². The van der Waals surface area contributed by atoms with Crippen molar-refractivity contribution in [3.05, 3.63) is 42.5 Å². The van der Waals surface area contributed by atoms with Crippen molar-refractivity contribution in [2.24, 2.45) is 0 Å². The molecule has 2 aromatic carbocycles. The fourth-order valence-electron chi connectivity index (χ4n) is 2.50. The second-order valence-corrected chi connectivity index (χ2v) is 5.94. The number of carbonyl (C=O) groups is 1. The van der Waals surface area contributed by atoms with E-state index >= 15 is 0 Å². The molecule has 1 amide bonds. The van der Waals surface area contributed by atoms with Crippen LogP contribution in [-0.4, -0.2) is 25.0 Å². The highest BCUT2D eigenvalue weighted by atomic mass is 16.3. The van der Waals surface area contributed by atoms with Crippen molar-refractivity contribution in [2.45, 2.75) is 19.8 Å². The van der Waals surface area contributed by atoms with Gasteiger partial charge in [-0.2, -0.15) is 0 Å². The summed E-state index contributed by atoms with van der Waals surface area (Å²) in [5, 5.41) is 2.88. The van der Waals surface area contributed by atoms with Crippen LogP contribution in [0.2, 0.25) is 0 Å². The first-order valence-corrected chi connectivity index (χ1v) is 8.05. The van der Waals surface area contributed by atoms with Crippen molar-refractivity contribution in [3.8, 4) is 11.5 Å². The van der Waals surface area contributed by atoms with Crippen molar-refractivity contribution < 1.29 is 9.21 Å². The molecule has 5 nitrogen and oxygen atoms in total. The van der Waals surface area contributed by atoms with E-state index in [9.17, 15) is 4.79 Å². The summed E-state index contributed by atoms with van der Waals surface area (Å²) in [5.74, 6) is 0.588. The van der Waals surface area contributed by atoms with Gasteiger partial charge in [0.05, 0.1) is 0 Å². The normalized spacial score (nSPS) is 10.8. The predicted octanol–water partition coefficient (Wildman–Crippen LogP) is 4.30. The number of rotatable bonds is 5. The van der Waals surface area contributed by atoms with Crippen molar-refractivity contribution in [1.82, 2.24) is 4.98 Å². The predicted molar refractivity (Wildman–Crippen MR) is 97.3 cm³/mol. The van der Waals surface area contributed by atoms with Crippen LogP contribution in [-0.2, 0) is 4.79 Å². The fourth-order valence-corrected chi connectivity index (χ4v) is 2.50. The van der Waals surface area contributed by atoms with Gasteiger partial charge in [0.1, 0.15) is 5.52 Å². The highest BCUT2D eigenvalue weighted by Gasteiger charge is 2.10. The maximum absolute atomic E-state index is 11.7. The molecule has 0 aliphatic heterocycles. The van der Waals surface area contributed by atoms with E-state index in [1.54, 1.807) is 0 Å². The number of carbonyl (C=O) groups excluding carboxylic acids is 1. The Bertz CT molecular complexity index is 868. The quantitative estimate of drug-likeness (QED) is 0.760. The lowest BCUT2D eigenvalue weighted by atomic mass is 10.2. The molecule has 0 saturated heterocycles. The molecule has 0 aliphatic carbocycles. The van der Waals surface area contributed by atoms with E-state index in [-0.39, 0.29) is 5.91 Å². The van der Waals surface area contributed by atoms with Gasteiger partial charge >= 0.3 is 0 Å². The Morgan fingerprint density at radius 1 is 1.21 bits per heavy atom. The minimum absolute atomic E-state index is 0.0132. The Morgan fingerprint density at radius 2 is 2.04 bits per heavy atom. The molecule has 0 aliphatic rings. The summed E-state index contributed by atoms with van der Waals surface area (Å²) in [6, 6.07) is 13.5. The lowest BCUT2D eigenvalue weighted by molar-refractivity contribution is -0.116. The van der Waals surface area contributed by atoms with Crippen LogP contribution in [0.1, 0.15) is 19.8 Å². The molecular weight excluding hydrogens is 302 g/mol. The third-order valence-corrected chi connectivity index (χ3v) is 3.76. The lowest BCUT2D eigenvalue weighted by Gasteiger charge is -2.12. The molecular formula is C19H21N3O2. The van der Waals surface area contributed by atoms with E-state index in [0.29, 0.717) is 17.9 Å². The Labute approximate surface area is 141 Å². The zero-order valence-electron chi connectivity index (χ0n) is 14.2. The van der Waals surface area contributed by atoms with Crippen LogP contribution in [0.3, 0.4) is 0 Å². The van der Waals surface area contributed by atoms with Gasteiger partial charge in [-0.1, -0.05) is 13.0 Å². The van der Waals surface area contributed by atoms with Gasteiger partial charge in [0.2, 0.25) is 11.8 Å². The largest absolute Gasteiger partial charge is 0.436 e. The summed E-state index contributed by atoms with van der Waals surface area (Å²) in [5.41, 5.74) is 4.18. The third-order valence-electron chi connectivity index (χ3n) is 3.76. The van der Waals surface area contributed by atoms with Crippen molar-refractivity contribution in [1.29, 1.82) is 0 Å². The maximum Gasteiger partial charge on any atom is 0.227 e. The highest BCUT2D eigenvalue weighted by molar-refractivity contribution is 5.93. The van der Waals surface area contributed by atoms with E-state index in [2.05, 4.69) is 10.3 Å². The van der Waals surface area contributed by atoms with E-state index in [4.69, 9.17) is 4.42 Å². The molecule has 0 unspecified atom stereocenters. The van der Waals surface area contributed by atoms with Crippen molar-refractivity contribution in [2.75, 3.05) is 24.3 Å². The second-order valence-electron chi connectivity index (χ2n) is 5.94. The number of aromatic nitrogens is 1. The number of nitrogens with one attached hydrogen (secondary N) is 1. The molecule has 1 N–H and O–H groups in total. The smallest absolute Gasteiger partial charge is 0.227 e. The molecule has 5 heteroatoms. The third kappa shape index (κ3) is 3.40. The SMILES string of the molecule is CCCC(=O)Nc1ccc2oc(-c3cccc(N(C)C)c3)nc2c1. The van der Waals surface area contributed by atoms with E-state index in [1.165, 1.54) is 0 Å². The molecule has 3 rings (SSSR count). The average Bonchev–Trinajstić information content (AvgIpc) is 2.98. The first-order valence-electron chi connectivity index (χ1n) is 8.05. The van der Waals surface area contributed by atoms with Crippen molar-refractivity contribution in [3.63, 3.8) is 0 Å². The molecule has 0 bridgehead atoms. The van der Waals surface area contributed by atoms with Gasteiger partial charge in [0.25, 0.3) is 0 Å². The van der Waals surface area contributed by atoms with Crippen LogP contribution in [0, 0.1) is 0 Å². The number of amides is 1. The number of anilines is 2. The molecule has 0 saturated carbocycles. The molecule has 124 valence electrons. The number of nitrogens with zero attached hydrogens (tertiary/aromatic N) is 2. The molecule has 24 heavy (non-hydrogen) atoms. The summed E-state index contributed by atoms with van der Waals surface area (Å²) in [7, 11) is 3.99. The van der Waals surface area contributed by atoms with Gasteiger partial charge in [0, 0.05) is 37.5 Å². The summed E-state index contributed by atoms with van der Waals surface area (Å²) in [4.78, 5) is 18.3. The van der Waals surface area contributed by atoms with Gasteiger partial charge in [-0.3, -0.25) is 4.79 Å². The van der Waals surface area contributed by atoms with E-state index < -0.39 is 0 Å². The fraction of sp³-hybridized carbons (Fsp3) is 0.263. The maximum atomic E-state index is 11.7. The van der Waals surface area contributed by atoms with E-state index in [1.807, 2.05) is 68.4 Å². The second kappa shape index (κ2) is 6.74. The Morgan fingerprint density at radius 3 is 2.79 bits per heavy atom. The molecule has 0 atom stereocenters.